The molecule has 14 heavy (non-hydrogen) atoms. The maximum atomic E-state index is 4.30. The predicted octanol–water partition coefficient (Wildman–Crippen LogP) is 3.54. The lowest BCUT2D eigenvalue weighted by atomic mass is 10.1. The number of hydrazone groups is 1. The van der Waals surface area contributed by atoms with Crippen molar-refractivity contribution in [3.8, 4) is 0 Å². The Kier molecular flexibility index (Phi) is 5.92. The van der Waals surface area contributed by atoms with Gasteiger partial charge in [-0.25, -0.2) is 0 Å². The Bertz CT molecular complexity index is 187. The Balaban J connectivity index is 2.02. The molecule has 3 heteroatoms. The fourth-order valence-corrected chi connectivity index (χ4v) is 1.67. The molecule has 0 N–H and O–H groups in total. The van der Waals surface area contributed by atoms with Crippen molar-refractivity contribution in [3.63, 3.8) is 0 Å². The van der Waals surface area contributed by atoms with Crippen LogP contribution in [0.25, 0.3) is 0 Å². The number of unbranched alkanes of at least 4 members (excludes halogenated alkanes) is 4. The van der Waals surface area contributed by atoms with E-state index in [0.29, 0.717) is 4.83 Å². The van der Waals surface area contributed by atoms with Gasteiger partial charge in [-0.15, -0.1) is 0 Å². The number of hydrogen-bond donors (Lipinski definition) is 0. The van der Waals surface area contributed by atoms with E-state index in [1.54, 1.807) is 0 Å². The number of allylic oxidation sites excluding steroid dienone is 1. The van der Waals surface area contributed by atoms with Gasteiger partial charge in [-0.3, -0.25) is 5.01 Å². The first kappa shape index (κ1) is 11.8. The normalized spacial score (nSPS) is 20.4. The topological polar surface area (TPSA) is 15.6 Å². The summed E-state index contributed by atoms with van der Waals surface area (Å²) in [5, 5.41) is 6.32. The summed E-state index contributed by atoms with van der Waals surface area (Å²) in [6.07, 6.45) is 12.7. The maximum Gasteiger partial charge on any atom is 0.0713 e. The average molecular weight is 259 g/mol. The van der Waals surface area contributed by atoms with Crippen LogP contribution in [-0.2, 0) is 0 Å². The molecule has 0 aromatic carbocycles. The van der Waals surface area contributed by atoms with Gasteiger partial charge in [0.1, 0.15) is 0 Å². The number of nitrogens with zero attached hydrogens (tertiary/aromatic N) is 2. The SMILES string of the molecule is CCCCCCCN1C=CC(Br)C=N1. The van der Waals surface area contributed by atoms with Crippen molar-refractivity contribution in [1.82, 2.24) is 5.01 Å². The molecule has 0 saturated heterocycles. The van der Waals surface area contributed by atoms with Gasteiger partial charge >= 0.3 is 0 Å². The zero-order valence-corrected chi connectivity index (χ0v) is 10.4. The highest BCUT2D eigenvalue weighted by atomic mass is 79.9. The van der Waals surface area contributed by atoms with Crippen molar-refractivity contribution in [2.45, 2.75) is 43.9 Å². The monoisotopic (exact) mass is 258 g/mol. The minimum absolute atomic E-state index is 0.318. The molecular formula is C11H19BrN2. The number of halogens is 1. The molecule has 1 rings (SSSR count). The Labute approximate surface area is 95.2 Å². The molecule has 1 aliphatic rings. The summed E-state index contributed by atoms with van der Waals surface area (Å²) in [6.45, 7) is 3.30. The van der Waals surface area contributed by atoms with Gasteiger partial charge in [-0.05, 0) is 12.5 Å². The summed E-state index contributed by atoms with van der Waals surface area (Å²) in [5.41, 5.74) is 0. The summed E-state index contributed by atoms with van der Waals surface area (Å²) < 4.78 is 0. The molecule has 0 fully saturated rings. The molecule has 0 aliphatic carbocycles. The molecule has 0 spiro atoms. The van der Waals surface area contributed by atoms with Gasteiger partial charge in [0.25, 0.3) is 0 Å². The van der Waals surface area contributed by atoms with E-state index in [2.05, 4.69) is 40.2 Å². The van der Waals surface area contributed by atoms with Crippen LogP contribution in [0.3, 0.4) is 0 Å². The van der Waals surface area contributed by atoms with E-state index in [4.69, 9.17) is 0 Å². The van der Waals surface area contributed by atoms with Crippen molar-refractivity contribution >= 4 is 22.1 Å². The summed E-state index contributed by atoms with van der Waals surface area (Å²) in [6, 6.07) is 0. The van der Waals surface area contributed by atoms with Crippen LogP contribution in [0.1, 0.15) is 39.0 Å². The van der Waals surface area contributed by atoms with Crippen LogP contribution in [-0.4, -0.2) is 22.6 Å². The Morgan fingerprint density at radius 1 is 1.29 bits per heavy atom. The van der Waals surface area contributed by atoms with Crippen LogP contribution < -0.4 is 0 Å². The van der Waals surface area contributed by atoms with Crippen molar-refractivity contribution < 1.29 is 0 Å². The Morgan fingerprint density at radius 2 is 2.07 bits per heavy atom. The fraction of sp³-hybridized carbons (Fsp3) is 0.727. The van der Waals surface area contributed by atoms with E-state index in [1.807, 2.05) is 11.2 Å². The van der Waals surface area contributed by atoms with E-state index >= 15 is 0 Å². The zero-order chi connectivity index (χ0) is 10.2. The van der Waals surface area contributed by atoms with Crippen LogP contribution in [0.15, 0.2) is 17.4 Å². The van der Waals surface area contributed by atoms with Crippen LogP contribution in [0, 0.1) is 0 Å². The van der Waals surface area contributed by atoms with Crippen molar-refractivity contribution in [1.29, 1.82) is 0 Å². The highest BCUT2D eigenvalue weighted by molar-refractivity contribution is 9.10. The van der Waals surface area contributed by atoms with Crippen molar-refractivity contribution in [2.75, 3.05) is 6.54 Å². The van der Waals surface area contributed by atoms with Crippen LogP contribution in [0.4, 0.5) is 0 Å². The Morgan fingerprint density at radius 3 is 2.71 bits per heavy atom. The first-order valence-electron chi connectivity index (χ1n) is 5.46. The molecule has 0 bridgehead atoms. The third kappa shape index (κ3) is 4.80. The summed E-state index contributed by atoms with van der Waals surface area (Å²) in [7, 11) is 0. The Hall–Kier alpha value is -0.310. The highest BCUT2D eigenvalue weighted by Crippen LogP contribution is 2.09. The minimum atomic E-state index is 0.318. The smallest absolute Gasteiger partial charge is 0.0713 e. The maximum absolute atomic E-state index is 4.30. The summed E-state index contributed by atoms with van der Waals surface area (Å²) >= 11 is 3.46. The lowest BCUT2D eigenvalue weighted by molar-refractivity contribution is 0.379. The molecule has 1 aliphatic heterocycles. The molecule has 0 aromatic heterocycles. The molecule has 1 unspecified atom stereocenters. The predicted molar refractivity (Wildman–Crippen MR) is 65.8 cm³/mol. The van der Waals surface area contributed by atoms with Gasteiger partial charge in [-0.1, -0.05) is 48.5 Å². The van der Waals surface area contributed by atoms with E-state index in [0.717, 1.165) is 6.54 Å². The van der Waals surface area contributed by atoms with Crippen LogP contribution in [0.5, 0.6) is 0 Å². The van der Waals surface area contributed by atoms with Gasteiger partial charge < -0.3 is 0 Å². The lowest BCUT2D eigenvalue weighted by Gasteiger charge is -2.17. The first-order chi connectivity index (χ1) is 6.83. The fourth-order valence-electron chi connectivity index (χ4n) is 1.43. The van der Waals surface area contributed by atoms with Crippen LogP contribution in [0.2, 0.25) is 0 Å². The van der Waals surface area contributed by atoms with Crippen molar-refractivity contribution in [3.05, 3.63) is 12.3 Å². The molecule has 80 valence electrons. The number of hydrogen-bond acceptors (Lipinski definition) is 2. The molecule has 1 atom stereocenters. The van der Waals surface area contributed by atoms with Crippen LogP contribution >= 0.6 is 15.9 Å². The summed E-state index contributed by atoms with van der Waals surface area (Å²) in [5.74, 6) is 0. The second-order valence-electron chi connectivity index (χ2n) is 3.63. The minimum Gasteiger partial charge on any atom is -0.273 e. The van der Waals surface area contributed by atoms with E-state index in [1.165, 1.54) is 32.1 Å². The third-order valence-corrected chi connectivity index (χ3v) is 2.83. The number of rotatable bonds is 6. The standard InChI is InChI=1S/C11H19BrN2/c1-2-3-4-5-6-8-14-9-7-11(12)10-13-14/h7,9-11H,2-6,8H2,1H3. The van der Waals surface area contributed by atoms with Gasteiger partial charge in [0.15, 0.2) is 0 Å². The third-order valence-electron chi connectivity index (χ3n) is 2.29. The number of alkyl halides is 1. The quantitative estimate of drug-likeness (QED) is 0.526. The lowest BCUT2D eigenvalue weighted by Crippen LogP contribution is -2.17. The van der Waals surface area contributed by atoms with Crippen molar-refractivity contribution in [2.24, 2.45) is 5.10 Å². The molecule has 2 nitrogen and oxygen atoms in total. The van der Waals surface area contributed by atoms with Gasteiger partial charge in [-0.2, -0.15) is 5.10 Å². The van der Waals surface area contributed by atoms with Gasteiger partial charge in [0, 0.05) is 19.0 Å². The first-order valence-corrected chi connectivity index (χ1v) is 6.37. The molecule has 0 saturated carbocycles. The van der Waals surface area contributed by atoms with E-state index in [-0.39, 0.29) is 0 Å². The average Bonchev–Trinajstić information content (AvgIpc) is 2.21. The second-order valence-corrected chi connectivity index (χ2v) is 4.69. The second kappa shape index (κ2) is 7.04. The van der Waals surface area contributed by atoms with E-state index in [9.17, 15) is 0 Å². The van der Waals surface area contributed by atoms with E-state index < -0.39 is 0 Å². The molecule has 0 amide bonds. The largest absolute Gasteiger partial charge is 0.273 e. The molecular weight excluding hydrogens is 240 g/mol. The highest BCUT2D eigenvalue weighted by Gasteiger charge is 2.03. The van der Waals surface area contributed by atoms with Gasteiger partial charge in [0.2, 0.25) is 0 Å². The molecule has 1 heterocycles. The molecule has 0 aromatic rings. The zero-order valence-electron chi connectivity index (χ0n) is 8.82. The summed E-state index contributed by atoms with van der Waals surface area (Å²) in [4.78, 5) is 0.318. The van der Waals surface area contributed by atoms with Gasteiger partial charge in [0.05, 0.1) is 4.83 Å². The molecule has 0 radical (unpaired) electrons.